The van der Waals surface area contributed by atoms with Crippen LogP contribution >= 0.6 is 0 Å². The molecule has 0 radical (unpaired) electrons. The summed E-state index contributed by atoms with van der Waals surface area (Å²) < 4.78 is 6.89. The van der Waals surface area contributed by atoms with Crippen LogP contribution in [0.2, 0.25) is 0 Å². The van der Waals surface area contributed by atoms with E-state index in [2.05, 4.69) is 9.97 Å². The van der Waals surface area contributed by atoms with Gasteiger partial charge in [-0.15, -0.1) is 0 Å². The van der Waals surface area contributed by atoms with Crippen LogP contribution in [0, 0.1) is 0 Å². The van der Waals surface area contributed by atoms with Crippen molar-refractivity contribution < 1.29 is 9.53 Å². The third-order valence-electron chi connectivity index (χ3n) is 4.82. The molecule has 4 rings (SSSR count). The van der Waals surface area contributed by atoms with Gasteiger partial charge in [-0.1, -0.05) is 36.4 Å². The lowest BCUT2D eigenvalue weighted by Crippen LogP contribution is -2.34. The normalized spacial score (nSPS) is 11.9. The number of aromatic amines is 1. The molecule has 2 aromatic heterocycles. The maximum atomic E-state index is 12.9. The summed E-state index contributed by atoms with van der Waals surface area (Å²) in [7, 11) is 0. The molecule has 150 valence electrons. The second-order valence-electron chi connectivity index (χ2n) is 6.69. The van der Waals surface area contributed by atoms with Crippen LogP contribution in [0.4, 0.5) is 0 Å². The SMILES string of the molecule is CCn1c(=O)[nH]c2cc(C(=O)O[C@@H](c3ccccc3)c3ccccn3)ccc2c1=O. The molecular formula is C23H19N3O4. The molecule has 0 amide bonds. The second kappa shape index (κ2) is 8.16. The number of nitrogens with zero attached hydrogens (tertiary/aromatic N) is 2. The number of H-pyrrole nitrogens is 1. The smallest absolute Gasteiger partial charge is 0.339 e. The maximum Gasteiger partial charge on any atom is 0.339 e. The van der Waals surface area contributed by atoms with E-state index in [0.29, 0.717) is 16.6 Å². The Morgan fingerprint density at radius 1 is 1.07 bits per heavy atom. The first-order chi connectivity index (χ1) is 14.6. The minimum absolute atomic E-state index is 0.226. The summed E-state index contributed by atoms with van der Waals surface area (Å²) in [5.41, 5.74) is 0.978. The van der Waals surface area contributed by atoms with Crippen molar-refractivity contribution in [3.05, 3.63) is 111 Å². The van der Waals surface area contributed by atoms with Crippen molar-refractivity contribution >= 4 is 16.9 Å². The third-order valence-corrected chi connectivity index (χ3v) is 4.82. The van der Waals surface area contributed by atoms with Gasteiger partial charge < -0.3 is 9.72 Å². The van der Waals surface area contributed by atoms with Gasteiger partial charge in [0.25, 0.3) is 5.56 Å². The average Bonchev–Trinajstić information content (AvgIpc) is 2.78. The molecule has 0 unspecified atom stereocenters. The van der Waals surface area contributed by atoms with E-state index >= 15 is 0 Å². The summed E-state index contributed by atoms with van der Waals surface area (Å²) in [6.07, 6.45) is 0.946. The molecule has 0 saturated heterocycles. The fraction of sp³-hybridized carbons (Fsp3) is 0.130. The van der Waals surface area contributed by atoms with Gasteiger partial charge in [0.05, 0.1) is 22.2 Å². The molecule has 0 spiro atoms. The van der Waals surface area contributed by atoms with Gasteiger partial charge in [0.2, 0.25) is 0 Å². The number of hydrogen-bond donors (Lipinski definition) is 1. The van der Waals surface area contributed by atoms with Gasteiger partial charge in [-0.05, 0) is 42.8 Å². The lowest BCUT2D eigenvalue weighted by Gasteiger charge is -2.18. The molecule has 0 aliphatic heterocycles. The zero-order chi connectivity index (χ0) is 21.1. The summed E-state index contributed by atoms with van der Waals surface area (Å²) >= 11 is 0. The number of nitrogens with one attached hydrogen (secondary N) is 1. The summed E-state index contributed by atoms with van der Waals surface area (Å²) in [6, 6.07) is 19.2. The van der Waals surface area contributed by atoms with E-state index in [1.54, 1.807) is 25.3 Å². The van der Waals surface area contributed by atoms with Crippen LogP contribution in [-0.2, 0) is 11.3 Å². The van der Waals surface area contributed by atoms with E-state index in [0.717, 1.165) is 10.1 Å². The predicted octanol–water partition coefficient (Wildman–Crippen LogP) is 3.05. The fourth-order valence-electron chi connectivity index (χ4n) is 3.30. The molecule has 0 bridgehead atoms. The lowest BCUT2D eigenvalue weighted by molar-refractivity contribution is 0.0371. The number of rotatable bonds is 5. The summed E-state index contributed by atoms with van der Waals surface area (Å²) in [5, 5.41) is 0.331. The summed E-state index contributed by atoms with van der Waals surface area (Å²) in [6.45, 7) is 1.98. The van der Waals surface area contributed by atoms with Crippen molar-refractivity contribution in [2.45, 2.75) is 19.6 Å². The van der Waals surface area contributed by atoms with E-state index in [-0.39, 0.29) is 12.1 Å². The molecule has 1 N–H and O–H groups in total. The van der Waals surface area contributed by atoms with E-state index in [9.17, 15) is 14.4 Å². The number of ether oxygens (including phenoxy) is 1. The molecule has 2 aromatic carbocycles. The van der Waals surface area contributed by atoms with Gasteiger partial charge >= 0.3 is 11.7 Å². The van der Waals surface area contributed by atoms with Crippen LogP contribution in [0.1, 0.15) is 34.6 Å². The highest BCUT2D eigenvalue weighted by atomic mass is 16.5. The largest absolute Gasteiger partial charge is 0.447 e. The maximum absolute atomic E-state index is 12.9. The van der Waals surface area contributed by atoms with Gasteiger partial charge in [-0.3, -0.25) is 14.3 Å². The zero-order valence-electron chi connectivity index (χ0n) is 16.2. The van der Waals surface area contributed by atoms with Gasteiger partial charge in [0.15, 0.2) is 6.10 Å². The quantitative estimate of drug-likeness (QED) is 0.519. The van der Waals surface area contributed by atoms with E-state index in [4.69, 9.17) is 4.74 Å². The number of aromatic nitrogens is 3. The Kier molecular flexibility index (Phi) is 5.26. The van der Waals surface area contributed by atoms with Gasteiger partial charge in [0, 0.05) is 12.7 Å². The highest BCUT2D eigenvalue weighted by Gasteiger charge is 2.21. The third kappa shape index (κ3) is 3.65. The zero-order valence-corrected chi connectivity index (χ0v) is 16.2. The molecule has 4 aromatic rings. The Labute approximate surface area is 171 Å². The summed E-state index contributed by atoms with van der Waals surface area (Å²) in [5.74, 6) is -0.586. The number of carbonyl (C=O) groups excluding carboxylic acids is 1. The van der Waals surface area contributed by atoms with Crippen LogP contribution in [0.3, 0.4) is 0 Å². The number of fused-ring (bicyclic) bond motifs is 1. The average molecular weight is 401 g/mol. The molecule has 0 aliphatic carbocycles. The molecular weight excluding hydrogens is 382 g/mol. The molecule has 0 fully saturated rings. The lowest BCUT2D eigenvalue weighted by atomic mass is 10.1. The van der Waals surface area contributed by atoms with Crippen LogP contribution in [0.25, 0.3) is 10.9 Å². The summed E-state index contributed by atoms with van der Waals surface area (Å²) in [4.78, 5) is 44.4. The first kappa shape index (κ1) is 19.3. The Hall–Kier alpha value is -4.00. The Balaban J connectivity index is 1.72. The van der Waals surface area contributed by atoms with E-state index in [1.807, 2.05) is 36.4 Å². The van der Waals surface area contributed by atoms with Crippen molar-refractivity contribution in [1.82, 2.24) is 14.5 Å². The molecule has 0 aliphatic rings. The number of carbonyl (C=O) groups is 1. The standard InChI is InChI=1S/C23H19N3O4/c1-2-26-21(27)17-12-11-16(14-19(17)25-23(26)29)22(28)30-20(15-8-4-3-5-9-15)18-10-6-7-13-24-18/h3-14,20H,2H2,1H3,(H,25,29)/t20-/m0/s1. The Bertz CT molecular complexity index is 1270. The highest BCUT2D eigenvalue weighted by molar-refractivity contribution is 5.94. The molecule has 2 heterocycles. The molecule has 7 nitrogen and oxygen atoms in total. The number of benzene rings is 2. The molecule has 0 saturated carbocycles. The first-order valence-electron chi connectivity index (χ1n) is 9.52. The number of pyridine rings is 1. The Morgan fingerprint density at radius 3 is 2.53 bits per heavy atom. The van der Waals surface area contributed by atoms with Crippen molar-refractivity contribution in [3.63, 3.8) is 0 Å². The van der Waals surface area contributed by atoms with Crippen molar-refractivity contribution in [2.75, 3.05) is 0 Å². The Morgan fingerprint density at radius 2 is 1.83 bits per heavy atom. The predicted molar refractivity (Wildman–Crippen MR) is 112 cm³/mol. The monoisotopic (exact) mass is 401 g/mol. The highest BCUT2D eigenvalue weighted by Crippen LogP contribution is 2.26. The number of hydrogen-bond acceptors (Lipinski definition) is 5. The van der Waals surface area contributed by atoms with Crippen molar-refractivity contribution in [1.29, 1.82) is 0 Å². The second-order valence-corrected chi connectivity index (χ2v) is 6.69. The van der Waals surface area contributed by atoms with Gasteiger partial charge in [-0.2, -0.15) is 0 Å². The minimum Gasteiger partial charge on any atom is -0.447 e. The minimum atomic E-state index is -0.692. The van der Waals surface area contributed by atoms with Crippen molar-refractivity contribution in [2.24, 2.45) is 0 Å². The van der Waals surface area contributed by atoms with Crippen molar-refractivity contribution in [3.8, 4) is 0 Å². The van der Waals surface area contributed by atoms with Crippen LogP contribution in [0.5, 0.6) is 0 Å². The number of esters is 1. The van der Waals surface area contributed by atoms with Crippen LogP contribution < -0.4 is 11.2 Å². The van der Waals surface area contributed by atoms with E-state index < -0.39 is 23.3 Å². The van der Waals surface area contributed by atoms with Gasteiger partial charge in [0.1, 0.15) is 0 Å². The van der Waals surface area contributed by atoms with E-state index in [1.165, 1.54) is 18.2 Å². The molecule has 30 heavy (non-hydrogen) atoms. The van der Waals surface area contributed by atoms with Crippen LogP contribution in [-0.4, -0.2) is 20.5 Å². The van der Waals surface area contributed by atoms with Crippen LogP contribution in [0.15, 0.2) is 82.5 Å². The topological polar surface area (TPSA) is 94.1 Å². The van der Waals surface area contributed by atoms with Gasteiger partial charge in [-0.25, -0.2) is 9.59 Å². The molecule has 7 heteroatoms. The first-order valence-corrected chi connectivity index (χ1v) is 9.52. The molecule has 1 atom stereocenters. The fourth-order valence-corrected chi connectivity index (χ4v) is 3.30.